The van der Waals surface area contributed by atoms with Crippen LogP contribution in [0.1, 0.15) is 6.92 Å². The van der Waals surface area contributed by atoms with Gasteiger partial charge < -0.3 is 10.4 Å². The van der Waals surface area contributed by atoms with Crippen molar-refractivity contribution in [1.82, 2.24) is 10.2 Å². The van der Waals surface area contributed by atoms with Crippen LogP contribution in [0, 0.1) is 6.57 Å². The van der Waals surface area contributed by atoms with Crippen molar-refractivity contribution in [3.63, 3.8) is 0 Å². The molecule has 0 radical (unpaired) electrons. The van der Waals surface area contributed by atoms with Gasteiger partial charge in [-0.25, -0.2) is 4.85 Å². The van der Waals surface area contributed by atoms with E-state index in [0.717, 1.165) is 0 Å². The number of nitrogens with zero attached hydrogens (tertiary/aromatic N) is 2. The molecule has 0 fully saturated rings. The van der Waals surface area contributed by atoms with E-state index in [-0.39, 0.29) is 18.3 Å². The number of aromatic nitrogens is 2. The molecule has 6 nitrogen and oxygen atoms in total. The maximum absolute atomic E-state index is 11.1. The number of H-pyrrole nitrogens is 1. The minimum Gasteiger partial charge on any atom is -0.394 e. The van der Waals surface area contributed by atoms with E-state index in [1.165, 1.54) is 6.20 Å². The maximum atomic E-state index is 11.1. The summed E-state index contributed by atoms with van der Waals surface area (Å²) in [5.74, 6) is 0. The van der Waals surface area contributed by atoms with Crippen molar-refractivity contribution >= 4 is 11.4 Å². The fourth-order valence-electron chi connectivity index (χ4n) is 0.920. The van der Waals surface area contributed by atoms with Crippen LogP contribution in [0.25, 0.3) is 4.85 Å². The van der Waals surface area contributed by atoms with Gasteiger partial charge in [-0.05, 0) is 6.92 Å². The first-order valence-corrected chi connectivity index (χ1v) is 4.01. The summed E-state index contributed by atoms with van der Waals surface area (Å²) in [5.41, 5.74) is -0.235. The zero-order valence-electron chi connectivity index (χ0n) is 7.61. The molecule has 0 spiro atoms. The summed E-state index contributed by atoms with van der Waals surface area (Å²) in [7, 11) is 0. The van der Waals surface area contributed by atoms with E-state index in [2.05, 4.69) is 20.4 Å². The van der Waals surface area contributed by atoms with Gasteiger partial charge in [-0.1, -0.05) is 0 Å². The van der Waals surface area contributed by atoms with Gasteiger partial charge in [-0.15, -0.1) is 0 Å². The Morgan fingerprint density at radius 1 is 1.86 bits per heavy atom. The SMILES string of the molecule is [C-]#[N+]c1c(NC(C)CO)cn[nH]c1=O. The van der Waals surface area contributed by atoms with E-state index in [1.807, 2.05) is 0 Å². The molecule has 0 aliphatic carbocycles. The maximum Gasteiger partial charge on any atom is 0.275 e. The second-order valence-electron chi connectivity index (χ2n) is 2.80. The summed E-state index contributed by atoms with van der Waals surface area (Å²) in [4.78, 5) is 14.2. The largest absolute Gasteiger partial charge is 0.394 e. The molecule has 1 aromatic heterocycles. The molecule has 0 aliphatic rings. The molecule has 0 bridgehead atoms. The van der Waals surface area contributed by atoms with Crippen molar-refractivity contribution in [2.45, 2.75) is 13.0 Å². The lowest BCUT2D eigenvalue weighted by atomic mass is 10.3. The van der Waals surface area contributed by atoms with Gasteiger partial charge in [0, 0.05) is 6.04 Å². The monoisotopic (exact) mass is 194 g/mol. The predicted octanol–water partition coefficient (Wildman–Crippen LogP) is 0.113. The van der Waals surface area contributed by atoms with Gasteiger partial charge in [0.25, 0.3) is 11.2 Å². The Labute approximate surface area is 80.4 Å². The minimum atomic E-state index is -0.532. The number of aliphatic hydroxyl groups is 1. The van der Waals surface area contributed by atoms with Crippen LogP contribution in [0.5, 0.6) is 0 Å². The van der Waals surface area contributed by atoms with Gasteiger partial charge in [0.15, 0.2) is 0 Å². The highest BCUT2D eigenvalue weighted by Crippen LogP contribution is 2.18. The minimum absolute atomic E-state index is 0.0414. The second-order valence-corrected chi connectivity index (χ2v) is 2.80. The Balaban J connectivity index is 3.04. The van der Waals surface area contributed by atoms with Crippen molar-refractivity contribution in [3.8, 4) is 0 Å². The summed E-state index contributed by atoms with van der Waals surface area (Å²) in [6.45, 7) is 8.45. The number of hydrogen-bond donors (Lipinski definition) is 3. The third-order valence-corrected chi connectivity index (χ3v) is 1.62. The van der Waals surface area contributed by atoms with E-state index in [0.29, 0.717) is 5.69 Å². The lowest BCUT2D eigenvalue weighted by molar-refractivity contribution is 0.281. The molecule has 6 heteroatoms. The molecule has 1 atom stereocenters. The molecule has 14 heavy (non-hydrogen) atoms. The van der Waals surface area contributed by atoms with Crippen LogP contribution in [0.15, 0.2) is 11.0 Å². The number of nitrogens with one attached hydrogen (secondary N) is 2. The van der Waals surface area contributed by atoms with Crippen LogP contribution in [0.2, 0.25) is 0 Å². The topological polar surface area (TPSA) is 82.4 Å². The summed E-state index contributed by atoms with van der Waals surface area (Å²) in [5, 5.41) is 17.3. The first kappa shape index (κ1) is 10.2. The van der Waals surface area contributed by atoms with Crippen molar-refractivity contribution in [1.29, 1.82) is 0 Å². The van der Waals surface area contributed by atoms with Crippen molar-refractivity contribution < 1.29 is 5.11 Å². The average Bonchev–Trinajstić information content (AvgIpc) is 2.18. The van der Waals surface area contributed by atoms with Gasteiger partial charge in [0.2, 0.25) is 0 Å². The highest BCUT2D eigenvalue weighted by Gasteiger charge is 2.09. The molecular formula is C8H10N4O2. The highest BCUT2D eigenvalue weighted by molar-refractivity contribution is 5.67. The van der Waals surface area contributed by atoms with Gasteiger partial charge in [-0.3, -0.25) is 9.89 Å². The molecule has 0 aliphatic heterocycles. The fourth-order valence-corrected chi connectivity index (χ4v) is 0.920. The molecular weight excluding hydrogens is 184 g/mol. The van der Waals surface area contributed by atoms with Gasteiger partial charge in [0.1, 0.15) is 0 Å². The van der Waals surface area contributed by atoms with Gasteiger partial charge in [-0.2, -0.15) is 5.10 Å². The lowest BCUT2D eigenvalue weighted by Gasteiger charge is -2.12. The molecule has 1 aromatic rings. The zero-order valence-corrected chi connectivity index (χ0v) is 7.61. The molecule has 0 amide bonds. The highest BCUT2D eigenvalue weighted by atomic mass is 16.3. The average molecular weight is 194 g/mol. The Bertz CT molecular complexity index is 407. The normalized spacial score (nSPS) is 11.8. The van der Waals surface area contributed by atoms with Crippen LogP contribution in [-0.2, 0) is 0 Å². The third-order valence-electron chi connectivity index (χ3n) is 1.62. The van der Waals surface area contributed by atoms with E-state index in [1.54, 1.807) is 6.92 Å². The van der Waals surface area contributed by atoms with Crippen LogP contribution < -0.4 is 10.9 Å². The second kappa shape index (κ2) is 4.39. The van der Waals surface area contributed by atoms with Crippen molar-refractivity contribution in [2.24, 2.45) is 0 Å². The molecule has 0 saturated heterocycles. The first-order chi connectivity index (χ1) is 6.69. The quantitative estimate of drug-likeness (QED) is 0.596. The van der Waals surface area contributed by atoms with Crippen molar-refractivity contribution in [2.75, 3.05) is 11.9 Å². The fraction of sp³-hybridized carbons (Fsp3) is 0.375. The van der Waals surface area contributed by atoms with Crippen molar-refractivity contribution in [3.05, 3.63) is 28.0 Å². The van der Waals surface area contributed by atoms with Crippen LogP contribution in [0.4, 0.5) is 11.4 Å². The number of hydrogen-bond acceptors (Lipinski definition) is 4. The molecule has 0 saturated carbocycles. The van der Waals surface area contributed by atoms with Crippen LogP contribution >= 0.6 is 0 Å². The summed E-state index contributed by atoms with van der Waals surface area (Å²) >= 11 is 0. The number of anilines is 1. The smallest absolute Gasteiger partial charge is 0.275 e. The number of aliphatic hydroxyl groups excluding tert-OH is 1. The first-order valence-electron chi connectivity index (χ1n) is 4.01. The third kappa shape index (κ3) is 2.08. The molecule has 1 heterocycles. The van der Waals surface area contributed by atoms with E-state index < -0.39 is 5.56 Å². The Morgan fingerprint density at radius 3 is 3.14 bits per heavy atom. The standard InChI is InChI=1S/C8H10N4O2/c1-5(4-13)11-6-3-10-12-8(14)7(6)9-2/h3,5,13H,4H2,1H3,(H2,11,12,14). The number of aromatic amines is 1. The number of rotatable bonds is 3. The molecule has 0 aromatic carbocycles. The lowest BCUT2D eigenvalue weighted by Crippen LogP contribution is -2.21. The van der Waals surface area contributed by atoms with Crippen LogP contribution in [0.3, 0.4) is 0 Å². The van der Waals surface area contributed by atoms with E-state index >= 15 is 0 Å². The van der Waals surface area contributed by atoms with Gasteiger partial charge in [0.05, 0.1) is 25.1 Å². The van der Waals surface area contributed by atoms with E-state index in [4.69, 9.17) is 11.7 Å². The Hall–Kier alpha value is -1.87. The van der Waals surface area contributed by atoms with Crippen LogP contribution in [-0.4, -0.2) is 28.0 Å². The molecule has 1 rings (SSSR count). The Morgan fingerprint density at radius 2 is 2.57 bits per heavy atom. The summed E-state index contributed by atoms with van der Waals surface area (Å²) in [6.07, 6.45) is 1.35. The van der Waals surface area contributed by atoms with Gasteiger partial charge >= 0.3 is 0 Å². The predicted molar refractivity (Wildman–Crippen MR) is 51.3 cm³/mol. The summed E-state index contributed by atoms with van der Waals surface area (Å²) in [6, 6.07) is -0.223. The zero-order chi connectivity index (χ0) is 10.6. The Kier molecular flexibility index (Phi) is 3.20. The molecule has 3 N–H and O–H groups in total. The van der Waals surface area contributed by atoms with E-state index in [9.17, 15) is 4.79 Å². The molecule has 74 valence electrons. The summed E-state index contributed by atoms with van der Waals surface area (Å²) < 4.78 is 0. The molecule has 1 unspecified atom stereocenters.